The van der Waals surface area contributed by atoms with Crippen LogP contribution in [0.25, 0.3) is 0 Å². The van der Waals surface area contributed by atoms with Gasteiger partial charge >= 0.3 is 0 Å². The van der Waals surface area contributed by atoms with E-state index < -0.39 is 9.84 Å². The average Bonchev–Trinajstić information content (AvgIpc) is 2.44. The maximum absolute atomic E-state index is 11.7. The summed E-state index contributed by atoms with van der Waals surface area (Å²) in [5.41, 5.74) is 0. The molecule has 0 aromatic carbocycles. The Labute approximate surface area is 122 Å². The smallest absolute Gasteiger partial charge is 0.153 e. The van der Waals surface area contributed by atoms with E-state index in [1.54, 1.807) is 0 Å². The Balaban J connectivity index is 1.52. The molecule has 3 fully saturated rings. The molecule has 20 heavy (non-hydrogen) atoms. The van der Waals surface area contributed by atoms with Crippen molar-refractivity contribution in [2.75, 3.05) is 37.7 Å². The van der Waals surface area contributed by atoms with Crippen molar-refractivity contribution >= 4 is 9.84 Å². The number of ether oxygens (including phenoxy) is 1. The molecule has 116 valence electrons. The van der Waals surface area contributed by atoms with E-state index >= 15 is 0 Å². The first-order chi connectivity index (χ1) is 9.64. The molecule has 5 nitrogen and oxygen atoms in total. The summed E-state index contributed by atoms with van der Waals surface area (Å²) in [5, 5.41) is 3.35. The zero-order valence-electron chi connectivity index (χ0n) is 12.1. The molecule has 3 atom stereocenters. The van der Waals surface area contributed by atoms with E-state index in [2.05, 4.69) is 10.2 Å². The molecule has 2 aliphatic heterocycles. The normalized spacial score (nSPS) is 38.3. The zero-order valence-corrected chi connectivity index (χ0v) is 12.9. The molecule has 3 aliphatic rings. The second-order valence-corrected chi connectivity index (χ2v) is 8.58. The maximum Gasteiger partial charge on any atom is 0.153 e. The third-order valence-electron chi connectivity index (χ3n) is 4.91. The van der Waals surface area contributed by atoms with Gasteiger partial charge in [0.1, 0.15) is 0 Å². The van der Waals surface area contributed by atoms with Crippen molar-refractivity contribution in [3.63, 3.8) is 0 Å². The Morgan fingerprint density at radius 3 is 2.95 bits per heavy atom. The summed E-state index contributed by atoms with van der Waals surface area (Å²) < 4.78 is 29.2. The van der Waals surface area contributed by atoms with Crippen molar-refractivity contribution in [2.45, 2.75) is 50.3 Å². The Morgan fingerprint density at radius 1 is 1.25 bits per heavy atom. The second kappa shape index (κ2) is 6.30. The lowest BCUT2D eigenvalue weighted by Gasteiger charge is -2.44. The van der Waals surface area contributed by atoms with Gasteiger partial charge in [0, 0.05) is 31.7 Å². The van der Waals surface area contributed by atoms with Gasteiger partial charge < -0.3 is 10.1 Å². The van der Waals surface area contributed by atoms with Gasteiger partial charge in [-0.25, -0.2) is 8.42 Å². The highest BCUT2D eigenvalue weighted by Gasteiger charge is 2.34. The summed E-state index contributed by atoms with van der Waals surface area (Å²) >= 11 is 0. The molecule has 2 heterocycles. The van der Waals surface area contributed by atoms with Crippen LogP contribution in [0.15, 0.2) is 0 Å². The minimum Gasteiger partial charge on any atom is -0.375 e. The van der Waals surface area contributed by atoms with E-state index in [4.69, 9.17) is 4.74 Å². The summed E-state index contributed by atoms with van der Waals surface area (Å²) in [7, 11) is -2.81. The summed E-state index contributed by atoms with van der Waals surface area (Å²) in [6.45, 7) is 3.44. The molecular formula is C14H26N2O3S. The highest BCUT2D eigenvalue weighted by Crippen LogP contribution is 2.28. The second-order valence-electron chi connectivity index (χ2n) is 6.35. The predicted molar refractivity (Wildman–Crippen MR) is 78.6 cm³/mol. The molecule has 6 heteroatoms. The summed E-state index contributed by atoms with van der Waals surface area (Å²) in [6.07, 6.45) is 6.37. The van der Waals surface area contributed by atoms with Gasteiger partial charge in [-0.15, -0.1) is 0 Å². The van der Waals surface area contributed by atoms with Crippen molar-refractivity contribution in [1.82, 2.24) is 10.2 Å². The van der Waals surface area contributed by atoms with E-state index in [0.29, 0.717) is 30.2 Å². The third-order valence-corrected chi connectivity index (χ3v) is 6.65. The number of hydrogen-bond acceptors (Lipinski definition) is 5. The highest BCUT2D eigenvalue weighted by atomic mass is 32.2. The van der Waals surface area contributed by atoms with E-state index in [1.807, 2.05) is 0 Å². The van der Waals surface area contributed by atoms with Gasteiger partial charge in [-0.05, 0) is 19.3 Å². The van der Waals surface area contributed by atoms with Crippen LogP contribution in [-0.2, 0) is 14.6 Å². The van der Waals surface area contributed by atoms with Gasteiger partial charge in [0.2, 0.25) is 0 Å². The lowest BCUT2D eigenvalue weighted by molar-refractivity contribution is -0.0885. The van der Waals surface area contributed by atoms with Crippen LogP contribution in [0.3, 0.4) is 0 Å². The highest BCUT2D eigenvalue weighted by molar-refractivity contribution is 7.91. The minimum atomic E-state index is -2.81. The van der Waals surface area contributed by atoms with Crippen LogP contribution in [0.2, 0.25) is 0 Å². The number of morpholine rings is 1. The van der Waals surface area contributed by atoms with Crippen LogP contribution in [0.5, 0.6) is 0 Å². The lowest BCUT2D eigenvalue weighted by Crippen LogP contribution is -2.54. The Kier molecular flexibility index (Phi) is 4.65. The number of rotatable bonds is 3. The fourth-order valence-electron chi connectivity index (χ4n) is 3.83. The molecule has 1 N–H and O–H groups in total. The van der Waals surface area contributed by atoms with Crippen LogP contribution in [0, 0.1) is 0 Å². The SMILES string of the molecule is O=S1(=O)CCNC(CCN2CCOC3CCCCC32)C1. The number of sulfone groups is 1. The van der Waals surface area contributed by atoms with Crippen LogP contribution in [0.1, 0.15) is 32.1 Å². The summed E-state index contributed by atoms with van der Waals surface area (Å²) in [6, 6.07) is 0.705. The van der Waals surface area contributed by atoms with E-state index in [9.17, 15) is 8.42 Å². The fourth-order valence-corrected chi connectivity index (χ4v) is 5.32. The largest absolute Gasteiger partial charge is 0.375 e. The van der Waals surface area contributed by atoms with E-state index in [-0.39, 0.29) is 6.04 Å². The fraction of sp³-hybridized carbons (Fsp3) is 1.00. The van der Waals surface area contributed by atoms with Gasteiger partial charge in [-0.2, -0.15) is 0 Å². The van der Waals surface area contributed by atoms with Gasteiger partial charge in [-0.3, -0.25) is 4.90 Å². The monoisotopic (exact) mass is 302 g/mol. The molecule has 3 rings (SSSR count). The van der Waals surface area contributed by atoms with Crippen molar-refractivity contribution in [1.29, 1.82) is 0 Å². The first kappa shape index (κ1) is 14.8. The Bertz CT molecular complexity index is 424. The molecular weight excluding hydrogens is 276 g/mol. The van der Waals surface area contributed by atoms with Gasteiger partial charge in [0.25, 0.3) is 0 Å². The van der Waals surface area contributed by atoms with Crippen LogP contribution in [-0.4, -0.2) is 69.3 Å². The Hall–Kier alpha value is -0.170. The average molecular weight is 302 g/mol. The number of nitrogens with one attached hydrogen (secondary N) is 1. The van der Waals surface area contributed by atoms with Crippen LogP contribution < -0.4 is 5.32 Å². The van der Waals surface area contributed by atoms with Crippen molar-refractivity contribution in [3.05, 3.63) is 0 Å². The molecule has 3 unspecified atom stereocenters. The van der Waals surface area contributed by atoms with Crippen LogP contribution in [0.4, 0.5) is 0 Å². The maximum atomic E-state index is 11.7. The minimum absolute atomic E-state index is 0.138. The third kappa shape index (κ3) is 3.53. The molecule has 0 aromatic rings. The molecule has 1 aliphatic carbocycles. The van der Waals surface area contributed by atoms with Gasteiger partial charge in [-0.1, -0.05) is 12.8 Å². The number of fused-ring (bicyclic) bond motifs is 1. The molecule has 0 aromatic heterocycles. The van der Waals surface area contributed by atoms with Crippen molar-refractivity contribution in [2.24, 2.45) is 0 Å². The molecule has 2 saturated heterocycles. The molecule has 0 radical (unpaired) electrons. The molecule has 0 spiro atoms. The van der Waals surface area contributed by atoms with E-state index in [1.165, 1.54) is 25.7 Å². The van der Waals surface area contributed by atoms with Crippen molar-refractivity contribution in [3.8, 4) is 0 Å². The topological polar surface area (TPSA) is 58.6 Å². The first-order valence-corrected chi connectivity index (χ1v) is 9.76. The summed E-state index contributed by atoms with van der Waals surface area (Å²) in [4.78, 5) is 2.54. The molecule has 0 bridgehead atoms. The number of nitrogens with zero attached hydrogens (tertiary/aromatic N) is 1. The molecule has 0 amide bonds. The van der Waals surface area contributed by atoms with Gasteiger partial charge in [0.15, 0.2) is 9.84 Å². The standard InChI is InChI=1S/C14H26N2O3S/c17-20(18)10-6-15-12(11-20)5-7-16-8-9-19-14-4-2-1-3-13(14)16/h12-15H,1-11H2. The zero-order chi connectivity index (χ0) is 14.0. The summed E-state index contributed by atoms with van der Waals surface area (Å²) in [5.74, 6) is 0.608. The first-order valence-electron chi connectivity index (χ1n) is 7.93. The van der Waals surface area contributed by atoms with Gasteiger partial charge in [0.05, 0.1) is 24.2 Å². The number of hydrogen-bond donors (Lipinski definition) is 1. The predicted octanol–water partition coefficient (Wildman–Crippen LogP) is 0.407. The van der Waals surface area contributed by atoms with Crippen molar-refractivity contribution < 1.29 is 13.2 Å². The van der Waals surface area contributed by atoms with Crippen LogP contribution >= 0.6 is 0 Å². The van der Waals surface area contributed by atoms with E-state index in [0.717, 1.165) is 26.1 Å². The molecule has 1 saturated carbocycles. The lowest BCUT2D eigenvalue weighted by atomic mass is 9.90. The Morgan fingerprint density at radius 2 is 2.10 bits per heavy atom. The quantitative estimate of drug-likeness (QED) is 0.818.